The summed E-state index contributed by atoms with van der Waals surface area (Å²) in [7, 11) is 0. The molecule has 1 spiro atoms. The summed E-state index contributed by atoms with van der Waals surface area (Å²) in [6.45, 7) is 3.73. The number of benzene rings is 1. The van der Waals surface area contributed by atoms with E-state index in [4.69, 9.17) is 4.74 Å². The number of esters is 1. The highest BCUT2D eigenvalue weighted by molar-refractivity contribution is 5.86. The number of hydrogen-bond acceptors (Lipinski definition) is 2. The predicted octanol–water partition coefficient (Wildman–Crippen LogP) is 3.28. The predicted molar refractivity (Wildman–Crippen MR) is 66.6 cm³/mol. The molecule has 0 aromatic heterocycles. The van der Waals surface area contributed by atoms with Gasteiger partial charge in [-0.15, -0.1) is 0 Å². The van der Waals surface area contributed by atoms with E-state index in [1.807, 2.05) is 30.3 Å². The van der Waals surface area contributed by atoms with Gasteiger partial charge in [0.05, 0.1) is 0 Å². The molecule has 17 heavy (non-hydrogen) atoms. The van der Waals surface area contributed by atoms with Crippen molar-refractivity contribution in [1.82, 2.24) is 0 Å². The molecule has 1 atom stereocenters. The van der Waals surface area contributed by atoms with Gasteiger partial charge in [0, 0.05) is 0 Å². The zero-order valence-corrected chi connectivity index (χ0v) is 9.82. The fourth-order valence-electron chi connectivity index (χ4n) is 3.10. The summed E-state index contributed by atoms with van der Waals surface area (Å²) < 4.78 is 5.45. The van der Waals surface area contributed by atoms with Crippen LogP contribution in [0.15, 0.2) is 30.8 Å². The molecule has 0 radical (unpaired) electrons. The van der Waals surface area contributed by atoms with E-state index in [9.17, 15) is 4.79 Å². The van der Waals surface area contributed by atoms with Gasteiger partial charge in [-0.05, 0) is 36.8 Å². The lowest BCUT2D eigenvalue weighted by molar-refractivity contribution is -0.198. The molecular formula is C15H16O2. The van der Waals surface area contributed by atoms with Crippen LogP contribution in [-0.4, -0.2) is 11.6 Å². The maximum Gasteiger partial charge on any atom is 0.318 e. The summed E-state index contributed by atoms with van der Waals surface area (Å²) >= 11 is 0. The number of ether oxygens (including phenoxy) is 1. The van der Waals surface area contributed by atoms with Crippen molar-refractivity contribution < 1.29 is 9.53 Å². The highest BCUT2D eigenvalue weighted by Crippen LogP contribution is 2.52. The van der Waals surface area contributed by atoms with E-state index in [1.165, 1.54) is 12.8 Å². The van der Waals surface area contributed by atoms with Crippen molar-refractivity contribution in [3.8, 4) is 0 Å². The Morgan fingerprint density at radius 3 is 2.41 bits per heavy atom. The smallest absolute Gasteiger partial charge is 0.318 e. The second-order valence-corrected chi connectivity index (χ2v) is 5.00. The summed E-state index contributed by atoms with van der Waals surface area (Å²) in [4.78, 5) is 11.7. The minimum Gasteiger partial charge on any atom is -0.457 e. The largest absolute Gasteiger partial charge is 0.457 e. The second kappa shape index (κ2) is 3.73. The molecule has 1 aliphatic heterocycles. The third-order valence-corrected chi connectivity index (χ3v) is 4.02. The van der Waals surface area contributed by atoms with E-state index in [1.54, 1.807) is 0 Å². The highest BCUT2D eigenvalue weighted by Gasteiger charge is 2.58. The molecule has 0 amide bonds. The Bertz CT molecular complexity index is 452. The number of carbonyl (C=O) groups is 1. The van der Waals surface area contributed by atoms with Crippen LogP contribution in [0.4, 0.5) is 0 Å². The van der Waals surface area contributed by atoms with Crippen molar-refractivity contribution in [1.29, 1.82) is 0 Å². The van der Waals surface area contributed by atoms with Crippen molar-refractivity contribution in [3.05, 3.63) is 42.0 Å². The van der Waals surface area contributed by atoms with Crippen LogP contribution in [0.1, 0.15) is 42.7 Å². The lowest BCUT2D eigenvalue weighted by Crippen LogP contribution is -2.53. The van der Waals surface area contributed by atoms with Crippen LogP contribution in [0.5, 0.6) is 0 Å². The molecule has 1 heterocycles. The first-order valence-corrected chi connectivity index (χ1v) is 6.20. The summed E-state index contributed by atoms with van der Waals surface area (Å²) in [6.07, 6.45) is 6.20. The van der Waals surface area contributed by atoms with Gasteiger partial charge in [-0.1, -0.05) is 36.9 Å². The average Bonchev–Trinajstić information content (AvgIpc) is 2.80. The minimum absolute atomic E-state index is 0.0381. The lowest BCUT2D eigenvalue weighted by Gasteiger charge is -2.45. The van der Waals surface area contributed by atoms with Crippen LogP contribution in [0, 0.1) is 0 Å². The van der Waals surface area contributed by atoms with Gasteiger partial charge in [0.25, 0.3) is 0 Å². The Kier molecular flexibility index (Phi) is 2.32. The molecule has 2 heteroatoms. The van der Waals surface area contributed by atoms with Gasteiger partial charge in [-0.3, -0.25) is 4.79 Å². The number of hydrogen-bond donors (Lipinski definition) is 0. The molecular weight excluding hydrogens is 212 g/mol. The molecule has 0 N–H and O–H groups in total. The van der Waals surface area contributed by atoms with Gasteiger partial charge in [-0.2, -0.15) is 0 Å². The van der Waals surface area contributed by atoms with Gasteiger partial charge >= 0.3 is 5.97 Å². The van der Waals surface area contributed by atoms with Crippen molar-refractivity contribution >= 4 is 12.0 Å². The molecule has 2 fully saturated rings. The minimum atomic E-state index is -0.174. The number of rotatable bonds is 2. The van der Waals surface area contributed by atoms with E-state index in [-0.39, 0.29) is 17.5 Å². The van der Waals surface area contributed by atoms with Crippen LogP contribution in [0.25, 0.3) is 6.08 Å². The molecule has 1 unspecified atom stereocenters. The normalized spacial score (nSPS) is 25.4. The first kappa shape index (κ1) is 10.6. The molecule has 1 aromatic rings. The zero-order valence-electron chi connectivity index (χ0n) is 9.82. The van der Waals surface area contributed by atoms with Crippen LogP contribution < -0.4 is 0 Å². The van der Waals surface area contributed by atoms with E-state index >= 15 is 0 Å². The van der Waals surface area contributed by atoms with E-state index in [0.29, 0.717) is 0 Å². The zero-order chi connectivity index (χ0) is 11.9. The Labute approximate surface area is 101 Å². The van der Waals surface area contributed by atoms with Crippen LogP contribution >= 0.6 is 0 Å². The fraction of sp³-hybridized carbons (Fsp3) is 0.400. The third kappa shape index (κ3) is 1.51. The maximum atomic E-state index is 11.7. The van der Waals surface area contributed by atoms with E-state index in [0.717, 1.165) is 24.0 Å². The van der Waals surface area contributed by atoms with Gasteiger partial charge in [-0.25, -0.2) is 0 Å². The molecule has 1 saturated carbocycles. The second-order valence-electron chi connectivity index (χ2n) is 5.00. The van der Waals surface area contributed by atoms with Crippen LogP contribution in [-0.2, 0) is 9.53 Å². The highest BCUT2D eigenvalue weighted by atomic mass is 16.6. The summed E-state index contributed by atoms with van der Waals surface area (Å²) in [5.41, 5.74) is 2.00. The quantitative estimate of drug-likeness (QED) is 0.726. The van der Waals surface area contributed by atoms with Crippen molar-refractivity contribution in [2.75, 3.05) is 0 Å². The molecule has 1 aromatic carbocycles. The topological polar surface area (TPSA) is 26.3 Å². The molecule has 1 saturated heterocycles. The standard InChI is InChI=1S/C15H16O2/c1-2-11-5-7-12(8-6-11)13-14(16)17-15(13)9-3-4-10-15/h2,5-8,13H,1,3-4,9-10H2. The average molecular weight is 228 g/mol. The fourth-order valence-corrected chi connectivity index (χ4v) is 3.10. The summed E-state index contributed by atoms with van der Waals surface area (Å²) in [5, 5.41) is 0. The Hall–Kier alpha value is -1.57. The molecule has 0 bridgehead atoms. The monoisotopic (exact) mass is 228 g/mol. The summed E-state index contributed by atoms with van der Waals surface area (Å²) in [6, 6.07) is 8.08. The molecule has 3 rings (SSSR count). The van der Waals surface area contributed by atoms with Gasteiger partial charge < -0.3 is 4.74 Å². The van der Waals surface area contributed by atoms with Gasteiger partial charge in [0.1, 0.15) is 11.5 Å². The lowest BCUT2D eigenvalue weighted by atomic mass is 9.76. The Morgan fingerprint density at radius 2 is 1.88 bits per heavy atom. The van der Waals surface area contributed by atoms with Crippen molar-refractivity contribution in [2.45, 2.75) is 37.2 Å². The molecule has 1 aliphatic carbocycles. The maximum absolute atomic E-state index is 11.7. The van der Waals surface area contributed by atoms with Gasteiger partial charge in [0.15, 0.2) is 0 Å². The SMILES string of the molecule is C=Cc1ccc(C2C(=O)OC23CCCC3)cc1. The Balaban J connectivity index is 1.91. The van der Waals surface area contributed by atoms with Crippen molar-refractivity contribution in [3.63, 3.8) is 0 Å². The Morgan fingerprint density at radius 1 is 1.24 bits per heavy atom. The number of carbonyl (C=O) groups excluding carboxylic acids is 1. The van der Waals surface area contributed by atoms with E-state index < -0.39 is 0 Å². The van der Waals surface area contributed by atoms with E-state index in [2.05, 4.69) is 6.58 Å². The third-order valence-electron chi connectivity index (χ3n) is 4.02. The molecule has 2 nitrogen and oxygen atoms in total. The van der Waals surface area contributed by atoms with Crippen molar-refractivity contribution in [2.24, 2.45) is 0 Å². The summed E-state index contributed by atoms with van der Waals surface area (Å²) in [5.74, 6) is -0.0953. The van der Waals surface area contributed by atoms with Crippen LogP contribution in [0.2, 0.25) is 0 Å². The first-order valence-electron chi connectivity index (χ1n) is 6.20. The molecule has 88 valence electrons. The first-order chi connectivity index (χ1) is 8.25. The van der Waals surface area contributed by atoms with Gasteiger partial charge in [0.2, 0.25) is 0 Å². The van der Waals surface area contributed by atoms with Crippen LogP contribution in [0.3, 0.4) is 0 Å². The molecule has 2 aliphatic rings.